The van der Waals surface area contributed by atoms with E-state index in [1.54, 1.807) is 0 Å². The zero-order valence-electron chi connectivity index (χ0n) is 11.5. The minimum Gasteiger partial charge on any atom is -0.271 e. The van der Waals surface area contributed by atoms with Gasteiger partial charge in [0.05, 0.1) is 22.4 Å². The number of rotatable bonds is 5. The Morgan fingerprint density at radius 1 is 1.25 bits per heavy atom. The van der Waals surface area contributed by atoms with Crippen molar-refractivity contribution in [3.05, 3.63) is 50.7 Å². The summed E-state index contributed by atoms with van der Waals surface area (Å²) >= 11 is 7.15. The third-order valence-corrected chi connectivity index (χ3v) is 4.57. The summed E-state index contributed by atoms with van der Waals surface area (Å²) in [6.45, 7) is 4.21. The van der Waals surface area contributed by atoms with Crippen LogP contribution in [0.3, 0.4) is 0 Å². The van der Waals surface area contributed by atoms with Gasteiger partial charge in [-0.3, -0.25) is 16.0 Å². The van der Waals surface area contributed by atoms with Crippen LogP contribution in [0, 0.1) is 0 Å². The summed E-state index contributed by atoms with van der Waals surface area (Å²) in [6.07, 6.45) is 2.61. The van der Waals surface area contributed by atoms with Crippen LogP contribution in [0.5, 0.6) is 0 Å². The fourth-order valence-corrected chi connectivity index (χ4v) is 3.20. The Hall–Kier alpha value is -0.690. The number of hydrazine groups is 1. The van der Waals surface area contributed by atoms with Crippen LogP contribution < -0.4 is 11.3 Å². The average Bonchev–Trinajstić information content (AvgIpc) is 2.80. The molecule has 0 bridgehead atoms. The van der Waals surface area contributed by atoms with E-state index >= 15 is 0 Å². The smallest absolute Gasteiger partial charge is 0.0715 e. The first-order valence-electron chi connectivity index (χ1n) is 6.47. The number of hydrogen-bond acceptors (Lipinski definition) is 3. The fraction of sp³-hybridized carbons (Fsp3) is 0.357. The summed E-state index contributed by atoms with van der Waals surface area (Å²) < 4.78 is 4.05. The standard InChI is InChI=1S/C14H18Br2N4/c1-9(2)20-14(12(16)8-18-20)13(19-17)7-10-5-3-4-6-11(10)15/h3-6,8-9,13,19H,7,17H2,1-2H3. The predicted molar refractivity (Wildman–Crippen MR) is 88.2 cm³/mol. The molecule has 4 nitrogen and oxygen atoms in total. The van der Waals surface area contributed by atoms with E-state index in [9.17, 15) is 0 Å². The Balaban J connectivity index is 2.34. The Morgan fingerprint density at radius 2 is 1.95 bits per heavy atom. The van der Waals surface area contributed by atoms with E-state index < -0.39 is 0 Å². The first-order valence-corrected chi connectivity index (χ1v) is 8.05. The first-order chi connectivity index (χ1) is 9.54. The van der Waals surface area contributed by atoms with Crippen molar-refractivity contribution in [2.45, 2.75) is 32.4 Å². The molecule has 0 fully saturated rings. The number of hydrogen-bond donors (Lipinski definition) is 2. The molecule has 0 aliphatic carbocycles. The lowest BCUT2D eigenvalue weighted by atomic mass is 10.0. The largest absolute Gasteiger partial charge is 0.271 e. The molecule has 2 aromatic rings. The van der Waals surface area contributed by atoms with E-state index in [2.05, 4.69) is 62.3 Å². The maximum atomic E-state index is 5.77. The minimum absolute atomic E-state index is 0.00650. The van der Waals surface area contributed by atoms with Crippen LogP contribution in [0.25, 0.3) is 0 Å². The Bertz CT molecular complexity index is 580. The molecule has 2 rings (SSSR count). The number of nitrogens with zero attached hydrogens (tertiary/aromatic N) is 2. The Kier molecular flexibility index (Phi) is 5.37. The zero-order chi connectivity index (χ0) is 14.7. The number of nitrogens with one attached hydrogen (secondary N) is 1. The van der Waals surface area contributed by atoms with E-state index in [-0.39, 0.29) is 12.1 Å². The highest BCUT2D eigenvalue weighted by Crippen LogP contribution is 2.29. The molecule has 0 aliphatic heterocycles. The van der Waals surface area contributed by atoms with Crippen LogP contribution in [0.15, 0.2) is 39.4 Å². The molecule has 20 heavy (non-hydrogen) atoms. The van der Waals surface area contributed by atoms with Crippen molar-refractivity contribution in [2.24, 2.45) is 5.84 Å². The molecule has 0 radical (unpaired) electrons. The van der Waals surface area contributed by atoms with Gasteiger partial charge in [-0.05, 0) is 47.8 Å². The quantitative estimate of drug-likeness (QED) is 0.592. The van der Waals surface area contributed by atoms with Gasteiger partial charge in [0.1, 0.15) is 0 Å². The van der Waals surface area contributed by atoms with Crippen molar-refractivity contribution < 1.29 is 0 Å². The maximum Gasteiger partial charge on any atom is 0.0715 e. The van der Waals surface area contributed by atoms with Crippen molar-refractivity contribution in [1.29, 1.82) is 0 Å². The second-order valence-electron chi connectivity index (χ2n) is 4.93. The van der Waals surface area contributed by atoms with Gasteiger partial charge in [0.2, 0.25) is 0 Å². The van der Waals surface area contributed by atoms with E-state index in [0.29, 0.717) is 0 Å². The molecule has 0 amide bonds. The van der Waals surface area contributed by atoms with Gasteiger partial charge in [0.25, 0.3) is 0 Å². The minimum atomic E-state index is -0.00650. The molecule has 0 saturated carbocycles. The molecule has 0 saturated heterocycles. The predicted octanol–water partition coefficient (Wildman–Crippen LogP) is 3.74. The molecule has 6 heteroatoms. The van der Waals surface area contributed by atoms with Crippen LogP contribution in [0.1, 0.15) is 37.2 Å². The second-order valence-corrected chi connectivity index (χ2v) is 6.64. The summed E-state index contributed by atoms with van der Waals surface area (Å²) in [7, 11) is 0. The third-order valence-electron chi connectivity index (χ3n) is 3.19. The molecule has 1 aromatic carbocycles. The molecule has 3 N–H and O–H groups in total. The van der Waals surface area contributed by atoms with Crippen molar-refractivity contribution in [3.8, 4) is 0 Å². The van der Waals surface area contributed by atoms with E-state index in [1.165, 1.54) is 5.56 Å². The first kappa shape index (κ1) is 15.7. The summed E-state index contributed by atoms with van der Waals surface area (Å²) in [5.74, 6) is 5.77. The van der Waals surface area contributed by atoms with Crippen LogP contribution in [-0.4, -0.2) is 9.78 Å². The summed E-state index contributed by atoms with van der Waals surface area (Å²) in [5.41, 5.74) is 5.18. The van der Waals surface area contributed by atoms with Crippen molar-refractivity contribution in [3.63, 3.8) is 0 Å². The van der Waals surface area contributed by atoms with Crippen LogP contribution in [0.2, 0.25) is 0 Å². The number of benzene rings is 1. The summed E-state index contributed by atoms with van der Waals surface area (Å²) in [6, 6.07) is 8.45. The number of aromatic nitrogens is 2. The molecule has 1 heterocycles. The maximum absolute atomic E-state index is 5.77. The second kappa shape index (κ2) is 6.85. The van der Waals surface area contributed by atoms with Gasteiger partial charge in [-0.25, -0.2) is 0 Å². The van der Waals surface area contributed by atoms with Crippen LogP contribution >= 0.6 is 31.9 Å². The van der Waals surface area contributed by atoms with Gasteiger partial charge in [-0.2, -0.15) is 5.10 Å². The molecule has 1 unspecified atom stereocenters. The SMILES string of the molecule is CC(C)n1ncc(Br)c1C(Cc1ccccc1Br)NN. The Labute approximate surface area is 136 Å². The van der Waals surface area contributed by atoms with Gasteiger partial charge in [-0.1, -0.05) is 34.1 Å². The summed E-state index contributed by atoms with van der Waals surface area (Å²) in [4.78, 5) is 0. The lowest BCUT2D eigenvalue weighted by Crippen LogP contribution is -2.32. The molecule has 1 atom stereocenters. The number of nitrogens with two attached hydrogens (primary N) is 1. The monoisotopic (exact) mass is 400 g/mol. The third kappa shape index (κ3) is 3.31. The van der Waals surface area contributed by atoms with Gasteiger partial charge >= 0.3 is 0 Å². The average molecular weight is 402 g/mol. The van der Waals surface area contributed by atoms with Gasteiger partial charge < -0.3 is 0 Å². The van der Waals surface area contributed by atoms with Crippen molar-refractivity contribution in [2.75, 3.05) is 0 Å². The highest BCUT2D eigenvalue weighted by Gasteiger charge is 2.21. The topological polar surface area (TPSA) is 55.9 Å². The summed E-state index contributed by atoms with van der Waals surface area (Å²) in [5, 5.41) is 4.41. The van der Waals surface area contributed by atoms with Gasteiger partial charge in [0.15, 0.2) is 0 Å². The van der Waals surface area contributed by atoms with E-state index in [4.69, 9.17) is 5.84 Å². The molecule has 1 aromatic heterocycles. The molecule has 0 aliphatic rings. The molecular weight excluding hydrogens is 384 g/mol. The van der Waals surface area contributed by atoms with Crippen molar-refractivity contribution in [1.82, 2.24) is 15.2 Å². The lowest BCUT2D eigenvalue weighted by Gasteiger charge is -2.21. The van der Waals surface area contributed by atoms with Gasteiger partial charge in [-0.15, -0.1) is 0 Å². The lowest BCUT2D eigenvalue weighted by molar-refractivity contribution is 0.446. The Morgan fingerprint density at radius 3 is 2.55 bits per heavy atom. The molecular formula is C14H18Br2N4. The molecule has 108 valence electrons. The molecule has 0 spiro atoms. The van der Waals surface area contributed by atoms with Crippen molar-refractivity contribution >= 4 is 31.9 Å². The highest BCUT2D eigenvalue weighted by atomic mass is 79.9. The van der Waals surface area contributed by atoms with Gasteiger partial charge in [0, 0.05) is 10.5 Å². The zero-order valence-corrected chi connectivity index (χ0v) is 14.6. The fourth-order valence-electron chi connectivity index (χ4n) is 2.21. The van der Waals surface area contributed by atoms with E-state index in [1.807, 2.05) is 29.1 Å². The highest BCUT2D eigenvalue weighted by molar-refractivity contribution is 9.10. The normalized spacial score (nSPS) is 12.9. The van der Waals surface area contributed by atoms with E-state index in [0.717, 1.165) is 21.1 Å². The van der Waals surface area contributed by atoms with Crippen LogP contribution in [0.4, 0.5) is 0 Å². The number of halogens is 2. The van der Waals surface area contributed by atoms with Crippen LogP contribution in [-0.2, 0) is 6.42 Å².